The summed E-state index contributed by atoms with van der Waals surface area (Å²) >= 11 is 0. The third-order valence-corrected chi connectivity index (χ3v) is 0.211. The number of aliphatic hydroxyl groups is 1. The highest BCUT2D eigenvalue weighted by atomic mass is 19.0. The number of rotatable bonds is 1. The van der Waals surface area contributed by atoms with Gasteiger partial charge >= 0.3 is 4.70 Å². The Balaban J connectivity index is 0. The summed E-state index contributed by atoms with van der Waals surface area (Å²) in [6, 6.07) is 0. The average molecular weight is 106 g/mol. The second-order valence-electron chi connectivity index (χ2n) is 0.635. The lowest BCUT2D eigenvalue weighted by atomic mass is 10.7. The van der Waals surface area contributed by atoms with E-state index in [1.54, 1.807) is 0 Å². The molecule has 0 rings (SSSR count). The van der Waals surface area contributed by atoms with Gasteiger partial charge < -0.3 is 15.0 Å². The summed E-state index contributed by atoms with van der Waals surface area (Å²) in [6.45, 7) is 0. The first-order valence-electron chi connectivity index (χ1n) is 1.29. The molecule has 1 N–H and O–H groups in total. The normalized spacial score (nSPS) is 8.00. The molecule has 0 aliphatic heterocycles. The molecular weight excluding hydrogens is 103 g/mol. The van der Waals surface area contributed by atoms with Crippen LogP contribution in [0, 0.1) is 4.70 Å². The van der Waals surface area contributed by atoms with Crippen molar-refractivity contribution in [3.05, 3.63) is 12.3 Å². The second-order valence-corrected chi connectivity index (χ2v) is 0.635. The first kappa shape index (κ1) is 9.34. The Morgan fingerprint density at radius 2 is 2.14 bits per heavy atom. The largest absolute Gasteiger partial charge is 1.00 e. The van der Waals surface area contributed by atoms with Gasteiger partial charge in [-0.1, -0.05) is 0 Å². The Bertz CT molecular complexity index is 78.2. The third kappa shape index (κ3) is 11.3. The third-order valence-electron chi connectivity index (χ3n) is 0.211. The lowest BCUT2D eigenvalue weighted by Gasteiger charge is -1.83. The van der Waals surface area contributed by atoms with Gasteiger partial charge in [0.2, 0.25) is 0 Å². The molecule has 2 radical (unpaired) electrons. The predicted molar refractivity (Wildman–Crippen MR) is 16.8 cm³/mol. The van der Waals surface area contributed by atoms with E-state index < -0.39 is 5.97 Å². The number of hydrogen-bond acceptors (Lipinski definition) is 3. The number of hydrogen-bond donors (Lipinski definition) is 1. The molecular formula is C3H3FO3. The molecule has 0 aromatic heterocycles. The Hall–Kier alpha value is -1.06. The molecule has 0 aromatic carbocycles. The van der Waals surface area contributed by atoms with Crippen LogP contribution in [0.1, 0.15) is 0 Å². The monoisotopic (exact) mass is 106 g/mol. The summed E-state index contributed by atoms with van der Waals surface area (Å²) < 4.78 is 0. The minimum absolute atomic E-state index is 0. The number of aliphatic hydroxyl groups excluding tert-OH is 1. The van der Waals surface area contributed by atoms with Crippen molar-refractivity contribution in [2.45, 2.75) is 0 Å². The van der Waals surface area contributed by atoms with Gasteiger partial charge in [-0.2, -0.15) is 0 Å². The lowest BCUT2D eigenvalue weighted by Crippen LogP contribution is -2.18. The summed E-state index contributed by atoms with van der Waals surface area (Å²) in [4.78, 5) is 9.24. The van der Waals surface area contributed by atoms with Crippen LogP contribution in [-0.4, -0.2) is 11.1 Å². The molecule has 0 unspecified atom stereocenters. The molecule has 0 spiro atoms. The minimum Gasteiger partial charge on any atom is -0.545 e. The SMILES string of the molecule is O=C([O-])C=CO.[F+]. The number of carboxylic acid groups (broad SMARTS) is 1. The second kappa shape index (κ2) is 4.94. The molecule has 0 atom stereocenters. The number of carbonyl (C=O) groups excluding carboxylic acids is 1. The quantitative estimate of drug-likeness (QED) is 0.337. The molecule has 0 aromatic rings. The zero-order chi connectivity index (χ0) is 4.99. The van der Waals surface area contributed by atoms with Gasteiger partial charge in [0.1, 0.15) is 0 Å². The van der Waals surface area contributed by atoms with E-state index in [0.717, 1.165) is 0 Å². The molecule has 0 saturated carbocycles. The highest BCUT2D eigenvalue weighted by Crippen LogP contribution is 1.56. The highest BCUT2D eigenvalue weighted by Gasteiger charge is 1.62. The van der Waals surface area contributed by atoms with Crippen molar-refractivity contribution in [3.63, 3.8) is 0 Å². The molecule has 0 fully saturated rings. The molecule has 0 saturated heterocycles. The molecule has 0 bridgehead atoms. The van der Waals surface area contributed by atoms with Crippen LogP contribution in [0.2, 0.25) is 0 Å². The predicted octanol–water partition coefficient (Wildman–Crippen LogP) is -1.19. The van der Waals surface area contributed by atoms with Crippen molar-refractivity contribution in [1.82, 2.24) is 0 Å². The van der Waals surface area contributed by atoms with E-state index in [1.165, 1.54) is 0 Å². The molecule has 4 heteroatoms. The van der Waals surface area contributed by atoms with E-state index >= 15 is 0 Å². The van der Waals surface area contributed by atoms with E-state index in [0.29, 0.717) is 12.3 Å². The fourth-order valence-electron chi connectivity index (χ4n) is 0.0609. The van der Waals surface area contributed by atoms with Gasteiger partial charge in [-0.05, 0) is 6.08 Å². The maximum Gasteiger partial charge on any atom is 1.00 e. The molecule has 0 aliphatic rings. The van der Waals surface area contributed by atoms with Crippen LogP contribution in [0.15, 0.2) is 12.3 Å². The van der Waals surface area contributed by atoms with E-state index in [4.69, 9.17) is 5.11 Å². The standard InChI is InChI=1S/C3H4O3.F/c4-2-1-3(5)6;/h1-2,4H,(H,5,6);/q;+1/p-1. The van der Waals surface area contributed by atoms with Crippen molar-refractivity contribution in [3.8, 4) is 0 Å². The first-order chi connectivity index (χ1) is 2.77. The van der Waals surface area contributed by atoms with E-state index in [2.05, 4.69) is 0 Å². The minimum atomic E-state index is -1.39. The average Bonchev–Trinajstić information content (AvgIpc) is 1.35. The van der Waals surface area contributed by atoms with Gasteiger partial charge in [0, 0.05) is 0 Å². The summed E-state index contributed by atoms with van der Waals surface area (Å²) in [7, 11) is 0. The Morgan fingerprint density at radius 3 is 2.14 bits per heavy atom. The number of carboxylic acids is 1. The summed E-state index contributed by atoms with van der Waals surface area (Å²) in [5.74, 6) is -1.39. The first-order valence-corrected chi connectivity index (χ1v) is 1.29. The summed E-state index contributed by atoms with van der Waals surface area (Å²) in [5.41, 5.74) is 0. The van der Waals surface area contributed by atoms with Crippen molar-refractivity contribution in [2.24, 2.45) is 0 Å². The molecule has 0 aliphatic carbocycles. The fourth-order valence-corrected chi connectivity index (χ4v) is 0.0609. The van der Waals surface area contributed by atoms with Crippen LogP contribution in [0.5, 0.6) is 0 Å². The molecule has 40 valence electrons. The van der Waals surface area contributed by atoms with E-state index in [9.17, 15) is 9.90 Å². The zero-order valence-corrected chi connectivity index (χ0v) is 3.30. The van der Waals surface area contributed by atoms with Crippen molar-refractivity contribution >= 4 is 5.97 Å². The maximum absolute atomic E-state index is 9.24. The Labute approximate surface area is 39.3 Å². The van der Waals surface area contributed by atoms with Crippen LogP contribution in [0.25, 0.3) is 0 Å². The van der Waals surface area contributed by atoms with Gasteiger partial charge in [0.05, 0.1) is 12.2 Å². The maximum atomic E-state index is 9.24. The number of halogens is 1. The van der Waals surface area contributed by atoms with Gasteiger partial charge in [-0.15, -0.1) is 0 Å². The van der Waals surface area contributed by atoms with Crippen LogP contribution in [0.3, 0.4) is 0 Å². The highest BCUT2D eigenvalue weighted by molar-refractivity contribution is 5.77. The smallest absolute Gasteiger partial charge is 0.545 e. The number of aliphatic carboxylic acids is 1. The molecule has 7 heavy (non-hydrogen) atoms. The topological polar surface area (TPSA) is 60.4 Å². The van der Waals surface area contributed by atoms with Crippen LogP contribution >= 0.6 is 0 Å². The van der Waals surface area contributed by atoms with E-state index in [1.807, 2.05) is 0 Å². The summed E-state index contributed by atoms with van der Waals surface area (Å²) in [6.07, 6.45) is 0.940. The van der Waals surface area contributed by atoms with Crippen LogP contribution in [0.4, 0.5) is 0 Å². The molecule has 3 nitrogen and oxygen atoms in total. The van der Waals surface area contributed by atoms with Crippen molar-refractivity contribution in [2.75, 3.05) is 0 Å². The van der Waals surface area contributed by atoms with Gasteiger partial charge in [-0.3, -0.25) is 0 Å². The molecule has 0 amide bonds. The number of carbonyl (C=O) groups is 1. The van der Waals surface area contributed by atoms with Gasteiger partial charge in [-0.25, -0.2) is 0 Å². The Morgan fingerprint density at radius 1 is 1.71 bits per heavy atom. The van der Waals surface area contributed by atoms with Crippen LogP contribution < -0.4 is 5.11 Å². The van der Waals surface area contributed by atoms with Crippen molar-refractivity contribution < 1.29 is 19.7 Å². The lowest BCUT2D eigenvalue weighted by molar-refractivity contribution is -0.297. The zero-order valence-electron chi connectivity index (χ0n) is 3.30. The Kier molecular flexibility index (Phi) is 6.59. The van der Waals surface area contributed by atoms with Crippen molar-refractivity contribution in [1.29, 1.82) is 0 Å². The molecule has 0 heterocycles. The fraction of sp³-hybridized carbons (Fsp3) is 0. The van der Waals surface area contributed by atoms with Crippen LogP contribution in [-0.2, 0) is 4.79 Å². The summed E-state index contributed by atoms with van der Waals surface area (Å²) in [5, 5.41) is 16.9. The van der Waals surface area contributed by atoms with Gasteiger partial charge in [0.25, 0.3) is 0 Å². The van der Waals surface area contributed by atoms with E-state index in [-0.39, 0.29) is 4.70 Å². The van der Waals surface area contributed by atoms with Gasteiger partial charge in [0.15, 0.2) is 0 Å².